The first-order valence-electron chi connectivity index (χ1n) is 5.96. The molecule has 2 aromatic rings. The van der Waals surface area contributed by atoms with Crippen LogP contribution in [0, 0.1) is 0 Å². The van der Waals surface area contributed by atoms with Gasteiger partial charge in [-0.25, -0.2) is 4.98 Å². The predicted octanol–water partition coefficient (Wildman–Crippen LogP) is 2.36. The summed E-state index contributed by atoms with van der Waals surface area (Å²) in [5, 5.41) is 4.52. The van der Waals surface area contributed by atoms with Gasteiger partial charge in [-0.3, -0.25) is 0 Å². The maximum absolute atomic E-state index is 5.86. The van der Waals surface area contributed by atoms with Crippen LogP contribution in [0.4, 0.5) is 5.82 Å². The molecule has 1 saturated carbocycles. The van der Waals surface area contributed by atoms with Gasteiger partial charge in [0, 0.05) is 5.92 Å². The molecule has 1 aliphatic rings. The van der Waals surface area contributed by atoms with Gasteiger partial charge < -0.3 is 5.73 Å². The Labute approximate surface area is 94.5 Å². The zero-order chi connectivity index (χ0) is 11.0. The average molecular weight is 216 g/mol. The third-order valence-corrected chi connectivity index (χ3v) is 3.38. The number of hydrogen-bond donors (Lipinski definition) is 1. The number of fused-ring (bicyclic) bond motifs is 1. The largest absolute Gasteiger partial charge is 0.384 e. The molecule has 2 N–H and O–H groups in total. The van der Waals surface area contributed by atoms with E-state index in [0.29, 0.717) is 11.7 Å². The summed E-state index contributed by atoms with van der Waals surface area (Å²) >= 11 is 0. The lowest BCUT2D eigenvalue weighted by molar-refractivity contribution is 0.429. The summed E-state index contributed by atoms with van der Waals surface area (Å²) in [5.74, 6) is 2.16. The van der Waals surface area contributed by atoms with E-state index in [-0.39, 0.29) is 0 Å². The van der Waals surface area contributed by atoms with E-state index in [0.717, 1.165) is 11.5 Å². The van der Waals surface area contributed by atoms with Crippen LogP contribution in [0.2, 0.25) is 0 Å². The van der Waals surface area contributed by atoms with Crippen molar-refractivity contribution in [2.75, 3.05) is 5.73 Å². The monoisotopic (exact) mass is 216 g/mol. The standard InChI is InChI=1S/C12H16N4/c13-10-7-4-8-11-14-12(15-16(10)11)9-5-2-1-3-6-9/h4,7-9H,1-3,5-6,13H2. The van der Waals surface area contributed by atoms with Crippen molar-refractivity contribution >= 4 is 11.5 Å². The predicted molar refractivity (Wildman–Crippen MR) is 63.2 cm³/mol. The second-order valence-corrected chi connectivity index (χ2v) is 4.53. The van der Waals surface area contributed by atoms with Crippen molar-refractivity contribution in [1.82, 2.24) is 14.6 Å². The third-order valence-electron chi connectivity index (χ3n) is 3.38. The van der Waals surface area contributed by atoms with Crippen molar-refractivity contribution in [2.45, 2.75) is 38.0 Å². The molecule has 0 unspecified atom stereocenters. The number of nitrogens with two attached hydrogens (primary N) is 1. The van der Waals surface area contributed by atoms with Crippen LogP contribution in [0.25, 0.3) is 5.65 Å². The number of nitrogens with zero attached hydrogens (tertiary/aromatic N) is 3. The van der Waals surface area contributed by atoms with Crippen molar-refractivity contribution in [3.8, 4) is 0 Å². The van der Waals surface area contributed by atoms with E-state index in [1.54, 1.807) is 4.52 Å². The molecule has 84 valence electrons. The lowest BCUT2D eigenvalue weighted by Gasteiger charge is -2.17. The second kappa shape index (κ2) is 3.77. The number of anilines is 1. The van der Waals surface area contributed by atoms with E-state index in [1.807, 2.05) is 18.2 Å². The van der Waals surface area contributed by atoms with Gasteiger partial charge in [-0.15, -0.1) is 5.10 Å². The molecular weight excluding hydrogens is 200 g/mol. The van der Waals surface area contributed by atoms with Crippen LogP contribution in [-0.2, 0) is 0 Å². The SMILES string of the molecule is Nc1cccc2nc(C3CCCCC3)nn12. The van der Waals surface area contributed by atoms with Crippen LogP contribution < -0.4 is 5.73 Å². The van der Waals surface area contributed by atoms with E-state index >= 15 is 0 Å². The van der Waals surface area contributed by atoms with E-state index in [9.17, 15) is 0 Å². The molecule has 0 spiro atoms. The lowest BCUT2D eigenvalue weighted by Crippen LogP contribution is -2.06. The fraction of sp³-hybridized carbons (Fsp3) is 0.500. The molecule has 0 aliphatic heterocycles. The molecule has 3 rings (SSSR count). The first-order chi connectivity index (χ1) is 7.84. The van der Waals surface area contributed by atoms with Gasteiger partial charge in [0.05, 0.1) is 0 Å². The summed E-state index contributed by atoms with van der Waals surface area (Å²) in [5.41, 5.74) is 6.72. The van der Waals surface area contributed by atoms with Crippen molar-refractivity contribution < 1.29 is 0 Å². The highest BCUT2D eigenvalue weighted by Crippen LogP contribution is 2.30. The first kappa shape index (κ1) is 9.63. The maximum Gasteiger partial charge on any atom is 0.157 e. The average Bonchev–Trinajstić information content (AvgIpc) is 2.76. The van der Waals surface area contributed by atoms with E-state index in [2.05, 4.69) is 10.1 Å². The highest BCUT2D eigenvalue weighted by molar-refractivity contribution is 5.46. The van der Waals surface area contributed by atoms with Crippen LogP contribution >= 0.6 is 0 Å². The molecule has 0 saturated heterocycles. The van der Waals surface area contributed by atoms with Gasteiger partial charge in [-0.05, 0) is 25.0 Å². The van der Waals surface area contributed by atoms with Crippen molar-refractivity contribution in [2.24, 2.45) is 0 Å². The first-order valence-corrected chi connectivity index (χ1v) is 5.96. The lowest BCUT2D eigenvalue weighted by atomic mass is 9.89. The van der Waals surface area contributed by atoms with Crippen LogP contribution in [-0.4, -0.2) is 14.6 Å². The van der Waals surface area contributed by atoms with E-state index < -0.39 is 0 Å². The molecular formula is C12H16N4. The Hall–Kier alpha value is -1.58. The molecule has 4 nitrogen and oxygen atoms in total. The number of nitrogen functional groups attached to an aromatic ring is 1. The third kappa shape index (κ3) is 1.54. The molecule has 1 fully saturated rings. The maximum atomic E-state index is 5.86. The van der Waals surface area contributed by atoms with Gasteiger partial charge in [0.1, 0.15) is 5.82 Å². The van der Waals surface area contributed by atoms with E-state index in [1.165, 1.54) is 32.1 Å². The summed E-state index contributed by atoms with van der Waals surface area (Å²) < 4.78 is 1.74. The Morgan fingerprint density at radius 3 is 2.75 bits per heavy atom. The number of aromatic nitrogens is 3. The molecule has 0 bridgehead atoms. The summed E-state index contributed by atoms with van der Waals surface area (Å²) in [7, 11) is 0. The van der Waals surface area contributed by atoms with Gasteiger partial charge in [0.15, 0.2) is 11.5 Å². The topological polar surface area (TPSA) is 56.2 Å². The van der Waals surface area contributed by atoms with Crippen LogP contribution in [0.5, 0.6) is 0 Å². The molecule has 0 atom stereocenters. The Balaban J connectivity index is 2.01. The quantitative estimate of drug-likeness (QED) is 0.796. The molecule has 4 heteroatoms. The molecule has 1 aliphatic carbocycles. The van der Waals surface area contributed by atoms with Crippen LogP contribution in [0.3, 0.4) is 0 Å². The van der Waals surface area contributed by atoms with E-state index in [4.69, 9.17) is 5.73 Å². The molecule has 2 heterocycles. The van der Waals surface area contributed by atoms with Gasteiger partial charge in [-0.2, -0.15) is 4.52 Å². The second-order valence-electron chi connectivity index (χ2n) is 4.53. The summed E-state index contributed by atoms with van der Waals surface area (Å²) in [6, 6.07) is 5.73. The zero-order valence-electron chi connectivity index (χ0n) is 9.26. The Bertz CT molecular complexity index is 497. The molecule has 0 amide bonds. The molecule has 16 heavy (non-hydrogen) atoms. The minimum atomic E-state index is 0.535. The van der Waals surface area contributed by atoms with Crippen molar-refractivity contribution in [3.63, 3.8) is 0 Å². The van der Waals surface area contributed by atoms with Gasteiger partial charge in [0.25, 0.3) is 0 Å². The molecule has 0 radical (unpaired) electrons. The smallest absolute Gasteiger partial charge is 0.157 e. The minimum Gasteiger partial charge on any atom is -0.384 e. The minimum absolute atomic E-state index is 0.535. The van der Waals surface area contributed by atoms with Crippen LogP contribution in [0.1, 0.15) is 43.8 Å². The fourth-order valence-electron chi connectivity index (χ4n) is 2.48. The molecule has 0 aromatic carbocycles. The highest BCUT2D eigenvalue weighted by Gasteiger charge is 2.20. The fourth-order valence-corrected chi connectivity index (χ4v) is 2.48. The Morgan fingerprint density at radius 1 is 1.19 bits per heavy atom. The summed E-state index contributed by atoms with van der Waals surface area (Å²) in [4.78, 5) is 4.57. The molecule has 2 aromatic heterocycles. The highest BCUT2D eigenvalue weighted by atomic mass is 15.3. The Morgan fingerprint density at radius 2 is 2.00 bits per heavy atom. The van der Waals surface area contributed by atoms with Gasteiger partial charge in [-0.1, -0.05) is 25.3 Å². The Kier molecular flexibility index (Phi) is 2.27. The van der Waals surface area contributed by atoms with Gasteiger partial charge in [0.2, 0.25) is 0 Å². The van der Waals surface area contributed by atoms with Gasteiger partial charge >= 0.3 is 0 Å². The zero-order valence-corrected chi connectivity index (χ0v) is 9.26. The number of pyridine rings is 1. The normalized spacial score (nSPS) is 18.0. The van der Waals surface area contributed by atoms with Crippen molar-refractivity contribution in [3.05, 3.63) is 24.0 Å². The number of rotatable bonds is 1. The van der Waals surface area contributed by atoms with Crippen LogP contribution in [0.15, 0.2) is 18.2 Å². The van der Waals surface area contributed by atoms with Crippen molar-refractivity contribution in [1.29, 1.82) is 0 Å². The summed E-state index contributed by atoms with van der Waals surface area (Å²) in [6.07, 6.45) is 6.39. The number of hydrogen-bond acceptors (Lipinski definition) is 3. The summed E-state index contributed by atoms with van der Waals surface area (Å²) in [6.45, 7) is 0.